The topological polar surface area (TPSA) is 53.4 Å². The van der Waals surface area contributed by atoms with Crippen LogP contribution in [0.15, 0.2) is 24.3 Å². The van der Waals surface area contributed by atoms with Gasteiger partial charge in [-0.25, -0.2) is 4.98 Å². The summed E-state index contributed by atoms with van der Waals surface area (Å²) in [6, 6.07) is 8.19. The Morgan fingerprint density at radius 1 is 1.35 bits per heavy atom. The molecule has 1 aromatic heterocycles. The number of carboxylic acid groups (broad SMARTS) is 1. The molecule has 3 rings (SSSR count). The van der Waals surface area contributed by atoms with Crippen molar-refractivity contribution >= 4 is 23.0 Å². The number of nitrogens with zero attached hydrogens (tertiary/aromatic N) is 2. The van der Waals surface area contributed by atoms with Crippen LogP contribution in [0.1, 0.15) is 22.9 Å². The molecule has 0 spiro atoms. The highest BCUT2D eigenvalue weighted by molar-refractivity contribution is 7.15. The first-order chi connectivity index (χ1) is 9.56. The van der Waals surface area contributed by atoms with Crippen LogP contribution < -0.4 is 4.90 Å². The number of aromatic nitrogens is 1. The van der Waals surface area contributed by atoms with Crippen LogP contribution in [0.5, 0.6) is 0 Å². The maximum atomic E-state index is 11.2. The van der Waals surface area contributed by atoms with Crippen LogP contribution in [0, 0.1) is 0 Å². The number of aliphatic carboxylic acids is 1. The number of thiazole rings is 1. The molecular weight excluding hydrogens is 272 g/mol. The van der Waals surface area contributed by atoms with Crippen LogP contribution in [-0.2, 0) is 11.2 Å². The molecule has 0 bridgehead atoms. The first kappa shape index (κ1) is 13.1. The van der Waals surface area contributed by atoms with Gasteiger partial charge < -0.3 is 10.0 Å². The SMILES string of the molecule is CN(C)c1ccc(-c2nc3c(s2)CCC3C(=O)O)cc1. The van der Waals surface area contributed by atoms with Crippen molar-refractivity contribution in [1.82, 2.24) is 4.98 Å². The Morgan fingerprint density at radius 3 is 2.65 bits per heavy atom. The van der Waals surface area contributed by atoms with E-state index in [4.69, 9.17) is 0 Å². The van der Waals surface area contributed by atoms with Crippen LogP contribution in [0.25, 0.3) is 10.6 Å². The fourth-order valence-corrected chi connectivity index (χ4v) is 3.64. The minimum atomic E-state index is -0.761. The van der Waals surface area contributed by atoms with E-state index in [0.29, 0.717) is 6.42 Å². The van der Waals surface area contributed by atoms with Crippen LogP contribution in [0.2, 0.25) is 0 Å². The third kappa shape index (κ3) is 2.18. The average molecular weight is 288 g/mol. The molecule has 0 radical (unpaired) electrons. The summed E-state index contributed by atoms with van der Waals surface area (Å²) in [4.78, 5) is 18.9. The number of carbonyl (C=O) groups is 1. The molecule has 0 amide bonds. The van der Waals surface area contributed by atoms with Gasteiger partial charge in [-0.15, -0.1) is 11.3 Å². The Bertz CT molecular complexity index is 646. The Hall–Kier alpha value is -1.88. The largest absolute Gasteiger partial charge is 0.481 e. The minimum Gasteiger partial charge on any atom is -0.481 e. The Labute approximate surface area is 121 Å². The van der Waals surface area contributed by atoms with E-state index < -0.39 is 11.9 Å². The summed E-state index contributed by atoms with van der Waals surface area (Å²) in [6.07, 6.45) is 1.52. The molecule has 104 valence electrons. The normalized spacial score (nSPS) is 17.0. The second-order valence-electron chi connectivity index (χ2n) is 5.20. The summed E-state index contributed by atoms with van der Waals surface area (Å²) in [5.41, 5.74) is 2.97. The van der Waals surface area contributed by atoms with Gasteiger partial charge in [-0.2, -0.15) is 0 Å². The fourth-order valence-electron chi connectivity index (χ4n) is 2.49. The van der Waals surface area contributed by atoms with E-state index in [1.807, 2.05) is 31.1 Å². The number of hydrogen-bond donors (Lipinski definition) is 1. The molecule has 0 fully saturated rings. The van der Waals surface area contributed by atoms with Gasteiger partial charge in [0.2, 0.25) is 0 Å². The van der Waals surface area contributed by atoms with E-state index >= 15 is 0 Å². The molecule has 1 aromatic carbocycles. The number of fused-ring (bicyclic) bond motifs is 1. The molecule has 1 aliphatic carbocycles. The lowest BCUT2D eigenvalue weighted by atomic mass is 10.1. The standard InChI is InChI=1S/C15H16N2O2S/c1-17(2)10-5-3-9(4-6-10)14-16-13-11(15(18)19)7-8-12(13)20-14/h3-6,11H,7-8H2,1-2H3,(H,18,19). The molecule has 2 aromatic rings. The van der Waals surface area contributed by atoms with Gasteiger partial charge in [0.25, 0.3) is 0 Å². The van der Waals surface area contributed by atoms with Gasteiger partial charge in [0.05, 0.1) is 5.69 Å². The van der Waals surface area contributed by atoms with Gasteiger partial charge >= 0.3 is 5.97 Å². The number of anilines is 1. The average Bonchev–Trinajstić information content (AvgIpc) is 2.97. The van der Waals surface area contributed by atoms with Crippen molar-refractivity contribution < 1.29 is 9.90 Å². The second-order valence-corrected chi connectivity index (χ2v) is 6.28. The number of rotatable bonds is 3. The van der Waals surface area contributed by atoms with E-state index in [1.165, 1.54) is 0 Å². The lowest BCUT2D eigenvalue weighted by Gasteiger charge is -2.12. The van der Waals surface area contributed by atoms with Gasteiger partial charge in [-0.3, -0.25) is 4.79 Å². The predicted octanol–water partition coefficient (Wildman–Crippen LogP) is 2.99. The fraction of sp³-hybridized carbons (Fsp3) is 0.333. The smallest absolute Gasteiger partial charge is 0.312 e. The maximum absolute atomic E-state index is 11.2. The van der Waals surface area contributed by atoms with Crippen molar-refractivity contribution in [2.24, 2.45) is 0 Å². The highest BCUT2D eigenvalue weighted by Crippen LogP contribution is 2.39. The molecule has 4 nitrogen and oxygen atoms in total. The molecule has 20 heavy (non-hydrogen) atoms. The Balaban J connectivity index is 1.92. The van der Waals surface area contributed by atoms with Crippen LogP contribution in [-0.4, -0.2) is 30.2 Å². The van der Waals surface area contributed by atoms with Crippen molar-refractivity contribution in [2.45, 2.75) is 18.8 Å². The third-order valence-electron chi connectivity index (χ3n) is 3.65. The van der Waals surface area contributed by atoms with Crippen LogP contribution in [0.4, 0.5) is 5.69 Å². The lowest BCUT2D eigenvalue weighted by Crippen LogP contribution is -2.08. The summed E-state index contributed by atoms with van der Waals surface area (Å²) in [5, 5.41) is 10.1. The highest BCUT2D eigenvalue weighted by atomic mass is 32.1. The van der Waals surface area contributed by atoms with Gasteiger partial charge in [-0.05, 0) is 37.1 Å². The van der Waals surface area contributed by atoms with E-state index in [1.54, 1.807) is 11.3 Å². The van der Waals surface area contributed by atoms with Crippen molar-refractivity contribution in [3.8, 4) is 10.6 Å². The van der Waals surface area contributed by atoms with Crippen LogP contribution in [0.3, 0.4) is 0 Å². The van der Waals surface area contributed by atoms with Crippen LogP contribution >= 0.6 is 11.3 Å². The molecule has 0 saturated carbocycles. The second kappa shape index (κ2) is 4.90. The van der Waals surface area contributed by atoms with E-state index in [-0.39, 0.29) is 0 Å². The minimum absolute atomic E-state index is 0.420. The highest BCUT2D eigenvalue weighted by Gasteiger charge is 2.32. The molecule has 1 N–H and O–H groups in total. The molecule has 0 saturated heterocycles. The first-order valence-electron chi connectivity index (χ1n) is 6.56. The van der Waals surface area contributed by atoms with Crippen molar-refractivity contribution in [1.29, 1.82) is 0 Å². The van der Waals surface area contributed by atoms with Gasteiger partial charge in [0, 0.05) is 30.2 Å². The number of carboxylic acids is 1. The summed E-state index contributed by atoms with van der Waals surface area (Å²) < 4.78 is 0. The first-order valence-corrected chi connectivity index (χ1v) is 7.38. The number of aryl methyl sites for hydroxylation is 1. The van der Waals surface area contributed by atoms with Crippen molar-refractivity contribution in [3.63, 3.8) is 0 Å². The Kier molecular flexibility index (Phi) is 3.22. The van der Waals surface area contributed by atoms with E-state index in [2.05, 4.69) is 17.1 Å². The number of hydrogen-bond acceptors (Lipinski definition) is 4. The van der Waals surface area contributed by atoms with Gasteiger partial charge in [0.1, 0.15) is 10.9 Å². The van der Waals surface area contributed by atoms with Crippen molar-refractivity contribution in [3.05, 3.63) is 34.8 Å². The summed E-state index contributed by atoms with van der Waals surface area (Å²) in [7, 11) is 4.01. The van der Waals surface area contributed by atoms with Gasteiger partial charge in [-0.1, -0.05) is 0 Å². The Morgan fingerprint density at radius 2 is 2.05 bits per heavy atom. The molecule has 0 aliphatic heterocycles. The zero-order valence-corrected chi connectivity index (χ0v) is 12.3. The summed E-state index contributed by atoms with van der Waals surface area (Å²) in [6.45, 7) is 0. The monoisotopic (exact) mass is 288 g/mol. The quantitative estimate of drug-likeness (QED) is 0.943. The third-order valence-corrected chi connectivity index (χ3v) is 4.83. The van der Waals surface area contributed by atoms with E-state index in [9.17, 15) is 9.90 Å². The summed E-state index contributed by atoms with van der Waals surface area (Å²) in [5.74, 6) is -1.18. The summed E-state index contributed by atoms with van der Waals surface area (Å²) >= 11 is 1.62. The molecule has 5 heteroatoms. The predicted molar refractivity (Wildman–Crippen MR) is 80.6 cm³/mol. The maximum Gasteiger partial charge on any atom is 0.312 e. The van der Waals surface area contributed by atoms with Gasteiger partial charge in [0.15, 0.2) is 0 Å². The zero-order valence-electron chi connectivity index (χ0n) is 11.5. The molecular formula is C15H16N2O2S. The molecule has 1 atom stereocenters. The number of benzene rings is 1. The molecule has 1 aliphatic rings. The zero-order chi connectivity index (χ0) is 14.3. The molecule has 1 heterocycles. The lowest BCUT2D eigenvalue weighted by molar-refractivity contribution is -0.138. The van der Waals surface area contributed by atoms with Crippen molar-refractivity contribution in [2.75, 3.05) is 19.0 Å². The van der Waals surface area contributed by atoms with E-state index in [0.717, 1.165) is 33.3 Å². The molecule has 1 unspecified atom stereocenters.